The van der Waals surface area contributed by atoms with Gasteiger partial charge in [0.2, 0.25) is 0 Å². The van der Waals surface area contributed by atoms with E-state index in [0.29, 0.717) is 24.9 Å². The van der Waals surface area contributed by atoms with Gasteiger partial charge in [0.05, 0.1) is 30.0 Å². The first-order valence-corrected chi connectivity index (χ1v) is 16.4. The van der Waals surface area contributed by atoms with Crippen molar-refractivity contribution < 1.29 is 28.9 Å². The number of aliphatic hydroxyl groups excluding tert-OH is 1. The number of Topliss-reactive ketones (excluding diaryl/α,β-unsaturated/α-hetero) is 1. The molecule has 0 aromatic heterocycles. The normalized spacial score (nSPS) is 33.8. The van der Waals surface area contributed by atoms with Gasteiger partial charge in [0.1, 0.15) is 12.0 Å². The van der Waals surface area contributed by atoms with E-state index in [9.17, 15) is 14.7 Å². The maximum absolute atomic E-state index is 14.2. The summed E-state index contributed by atoms with van der Waals surface area (Å²) >= 11 is 0. The smallest absolute Gasteiger partial charge is 0.319 e. The summed E-state index contributed by atoms with van der Waals surface area (Å²) in [5.41, 5.74) is 7.75. The number of carbonyl (C=O) groups excluding carboxylic acids is 2. The van der Waals surface area contributed by atoms with Crippen LogP contribution in [0.25, 0.3) is 11.1 Å². The molecule has 45 heavy (non-hydrogen) atoms. The molecule has 2 fully saturated rings. The molecular formula is C37H54N2O6. The van der Waals surface area contributed by atoms with Gasteiger partial charge in [0.15, 0.2) is 5.78 Å². The Balaban J connectivity index is 1.67. The van der Waals surface area contributed by atoms with E-state index < -0.39 is 35.1 Å². The van der Waals surface area contributed by atoms with Crippen molar-refractivity contribution >= 4 is 17.4 Å². The Morgan fingerprint density at radius 3 is 2.36 bits per heavy atom. The summed E-state index contributed by atoms with van der Waals surface area (Å²) in [6.07, 6.45) is 1.61. The number of hydrogen-bond acceptors (Lipinski definition) is 8. The Bertz CT molecular complexity index is 1310. The molecule has 248 valence electrons. The molecule has 0 bridgehead atoms. The fourth-order valence-corrected chi connectivity index (χ4v) is 7.54. The van der Waals surface area contributed by atoms with Crippen LogP contribution in [0.1, 0.15) is 78.8 Å². The Morgan fingerprint density at radius 2 is 1.71 bits per heavy atom. The highest BCUT2D eigenvalue weighted by Crippen LogP contribution is 2.42. The van der Waals surface area contributed by atoms with Crippen molar-refractivity contribution in [3.8, 4) is 11.1 Å². The highest BCUT2D eigenvalue weighted by Gasteiger charge is 2.49. The first-order valence-electron chi connectivity index (χ1n) is 16.4. The van der Waals surface area contributed by atoms with Gasteiger partial charge in [-0.2, -0.15) is 0 Å². The molecule has 2 aromatic rings. The molecule has 4 rings (SSSR count). The van der Waals surface area contributed by atoms with Crippen LogP contribution in [0.2, 0.25) is 0 Å². The Morgan fingerprint density at radius 1 is 1.02 bits per heavy atom. The summed E-state index contributed by atoms with van der Waals surface area (Å²) in [6.45, 7) is 12.3. The average Bonchev–Trinajstić information content (AvgIpc) is 3.00. The predicted octanol–water partition coefficient (Wildman–Crippen LogP) is 6.06. The molecule has 8 nitrogen and oxygen atoms in total. The van der Waals surface area contributed by atoms with Crippen LogP contribution in [0.4, 0.5) is 5.69 Å². The lowest BCUT2D eigenvalue weighted by Gasteiger charge is -2.45. The van der Waals surface area contributed by atoms with Gasteiger partial charge in [-0.25, -0.2) is 0 Å². The molecule has 3 N–H and O–H groups in total. The van der Waals surface area contributed by atoms with Crippen molar-refractivity contribution in [2.75, 3.05) is 33.0 Å². The SMILES string of the molecule is CO[C@]1(C)C[C@@H](C)CN(C)[C@H](c2ccc(-c3cccc(N)c3)cc2)COC(=O)C(C)(C)C(=O)[C@H](C)[C@H]1C[C@@H]1O[C@@H](C)CC[C@H]1O. The Hall–Kier alpha value is -2.78. The second kappa shape index (κ2) is 14.3. The third-order valence-corrected chi connectivity index (χ3v) is 10.4. The quantitative estimate of drug-likeness (QED) is 0.235. The van der Waals surface area contributed by atoms with Crippen molar-refractivity contribution in [2.24, 2.45) is 23.2 Å². The molecule has 8 atom stereocenters. The number of carbonyl (C=O) groups is 2. The van der Waals surface area contributed by atoms with Crippen molar-refractivity contribution in [1.82, 2.24) is 4.90 Å². The lowest BCUT2D eigenvalue weighted by Crippen LogP contribution is -2.51. The minimum Gasteiger partial charge on any atom is -0.463 e. The zero-order valence-electron chi connectivity index (χ0n) is 28.4. The standard InChI is InChI=1S/C37H54N2O6/c1-23-20-37(6,43-8)30(19-33-32(40)17-12-24(2)45-33)25(3)34(41)36(4,5)35(42)44-22-31(39(7)21-23)27-15-13-26(14-16-27)28-10-9-11-29(38)18-28/h9-11,13-16,18,23-25,30-33,40H,12,17,19-22,38H2,1-8H3/t23-,24+,25-,30-,31+,32-,33+,37-/m1/s1. The van der Waals surface area contributed by atoms with Crippen LogP contribution in [0.5, 0.6) is 0 Å². The zero-order valence-corrected chi connectivity index (χ0v) is 28.4. The topological polar surface area (TPSA) is 111 Å². The second-order valence-electron chi connectivity index (χ2n) is 14.4. The molecule has 0 radical (unpaired) electrons. The van der Waals surface area contributed by atoms with E-state index in [1.165, 1.54) is 0 Å². The summed E-state index contributed by atoms with van der Waals surface area (Å²) in [5, 5.41) is 10.9. The van der Waals surface area contributed by atoms with Gasteiger partial charge in [-0.3, -0.25) is 14.5 Å². The largest absolute Gasteiger partial charge is 0.463 e. The van der Waals surface area contributed by atoms with Gasteiger partial charge in [-0.1, -0.05) is 50.2 Å². The van der Waals surface area contributed by atoms with Crippen LogP contribution in [-0.2, 0) is 23.8 Å². The molecule has 0 spiro atoms. The van der Waals surface area contributed by atoms with E-state index in [1.807, 2.05) is 38.1 Å². The zero-order chi connectivity index (χ0) is 33.1. The third kappa shape index (κ3) is 7.97. The van der Waals surface area contributed by atoms with Crippen LogP contribution >= 0.6 is 0 Å². The van der Waals surface area contributed by atoms with E-state index in [4.69, 9.17) is 19.9 Å². The molecule has 2 saturated heterocycles. The monoisotopic (exact) mass is 622 g/mol. The third-order valence-electron chi connectivity index (χ3n) is 10.4. The number of esters is 1. The molecule has 2 aliphatic rings. The van der Waals surface area contributed by atoms with E-state index in [1.54, 1.807) is 21.0 Å². The molecule has 0 aliphatic carbocycles. The van der Waals surface area contributed by atoms with E-state index in [-0.39, 0.29) is 36.4 Å². The van der Waals surface area contributed by atoms with Crippen LogP contribution < -0.4 is 5.73 Å². The van der Waals surface area contributed by atoms with Crippen LogP contribution in [0, 0.1) is 23.2 Å². The number of nitrogens with two attached hydrogens (primary N) is 1. The van der Waals surface area contributed by atoms with E-state index >= 15 is 0 Å². The Kier molecular flexibility index (Phi) is 11.2. The summed E-state index contributed by atoms with van der Waals surface area (Å²) in [7, 11) is 3.75. The predicted molar refractivity (Wildman–Crippen MR) is 177 cm³/mol. The Labute approximate surface area is 269 Å². The van der Waals surface area contributed by atoms with Gasteiger partial charge in [0.25, 0.3) is 0 Å². The number of ketones is 1. The number of rotatable bonds is 5. The minimum absolute atomic E-state index is 0.0313. The minimum atomic E-state index is -1.37. The molecule has 0 amide bonds. The highest BCUT2D eigenvalue weighted by molar-refractivity contribution is 6.04. The number of benzene rings is 2. The van der Waals surface area contributed by atoms with Gasteiger partial charge in [0, 0.05) is 25.3 Å². The molecule has 2 heterocycles. The number of hydrogen-bond donors (Lipinski definition) is 2. The number of ether oxygens (including phenoxy) is 3. The van der Waals surface area contributed by atoms with Crippen LogP contribution in [0.15, 0.2) is 48.5 Å². The van der Waals surface area contributed by atoms with Crippen molar-refractivity contribution in [3.63, 3.8) is 0 Å². The van der Waals surface area contributed by atoms with Crippen molar-refractivity contribution in [1.29, 1.82) is 0 Å². The first-order chi connectivity index (χ1) is 21.2. The van der Waals surface area contributed by atoms with Crippen LogP contribution in [0.3, 0.4) is 0 Å². The number of anilines is 1. The second-order valence-corrected chi connectivity index (χ2v) is 14.4. The summed E-state index contributed by atoms with van der Waals surface area (Å²) in [6, 6.07) is 15.8. The van der Waals surface area contributed by atoms with Gasteiger partial charge in [-0.05, 0) is 101 Å². The molecule has 0 saturated carbocycles. The van der Waals surface area contributed by atoms with Crippen LogP contribution in [-0.4, -0.2) is 73.0 Å². The fourth-order valence-electron chi connectivity index (χ4n) is 7.54. The average molecular weight is 623 g/mol. The highest BCUT2D eigenvalue weighted by atomic mass is 16.5. The van der Waals surface area contributed by atoms with Crippen molar-refractivity contribution in [3.05, 3.63) is 54.1 Å². The molecule has 0 unspecified atom stereocenters. The number of likely N-dealkylation sites (N-methyl/N-ethyl adjacent to an activating group) is 1. The summed E-state index contributed by atoms with van der Waals surface area (Å²) in [4.78, 5) is 30.1. The lowest BCUT2D eigenvalue weighted by molar-refractivity contribution is -0.166. The summed E-state index contributed by atoms with van der Waals surface area (Å²) in [5.74, 6) is -1.38. The maximum atomic E-state index is 14.2. The number of methoxy groups -OCH3 is 1. The van der Waals surface area contributed by atoms with E-state index in [2.05, 4.69) is 50.1 Å². The van der Waals surface area contributed by atoms with Gasteiger partial charge in [-0.15, -0.1) is 0 Å². The summed E-state index contributed by atoms with van der Waals surface area (Å²) < 4.78 is 18.5. The number of aliphatic hydroxyl groups is 1. The number of nitrogen functional groups attached to an aromatic ring is 1. The fraction of sp³-hybridized carbons (Fsp3) is 0.622. The molecular weight excluding hydrogens is 568 g/mol. The number of cyclic esters (lactones) is 1. The van der Waals surface area contributed by atoms with Crippen molar-refractivity contribution in [2.45, 2.75) is 97.2 Å². The molecule has 2 aromatic carbocycles. The molecule has 2 aliphatic heterocycles. The first kappa shape index (κ1) is 35.1. The van der Waals surface area contributed by atoms with Gasteiger partial charge < -0.3 is 25.1 Å². The molecule has 8 heteroatoms. The number of nitrogens with zero attached hydrogens (tertiary/aromatic N) is 1. The van der Waals surface area contributed by atoms with E-state index in [0.717, 1.165) is 29.7 Å². The van der Waals surface area contributed by atoms with Gasteiger partial charge >= 0.3 is 5.97 Å². The maximum Gasteiger partial charge on any atom is 0.319 e. The lowest BCUT2D eigenvalue weighted by atomic mass is 9.67.